The van der Waals surface area contributed by atoms with Crippen molar-refractivity contribution >= 4 is 6.21 Å². The molecule has 0 fully saturated rings. The van der Waals surface area contributed by atoms with E-state index in [-0.39, 0.29) is 5.54 Å². The highest BCUT2D eigenvalue weighted by Crippen LogP contribution is 2.30. The summed E-state index contributed by atoms with van der Waals surface area (Å²) >= 11 is 0. The maximum absolute atomic E-state index is 9.67. The van der Waals surface area contributed by atoms with Crippen molar-refractivity contribution in [2.24, 2.45) is 4.99 Å². The van der Waals surface area contributed by atoms with E-state index < -0.39 is 5.60 Å². The maximum atomic E-state index is 9.67. The van der Waals surface area contributed by atoms with E-state index in [0.717, 1.165) is 6.42 Å². The zero-order valence-corrected chi connectivity index (χ0v) is 8.04. The second kappa shape index (κ2) is 3.02. The SMILES string of the molecule is CCC1(CC(C)(C)O)C=CC=N1. The average Bonchev–Trinajstić information content (AvgIpc) is 2.34. The van der Waals surface area contributed by atoms with Crippen LogP contribution in [0.4, 0.5) is 0 Å². The van der Waals surface area contributed by atoms with E-state index in [1.165, 1.54) is 0 Å². The van der Waals surface area contributed by atoms with Crippen LogP contribution < -0.4 is 0 Å². The van der Waals surface area contributed by atoms with Gasteiger partial charge in [-0.25, -0.2) is 0 Å². The van der Waals surface area contributed by atoms with E-state index in [1.54, 1.807) is 0 Å². The average molecular weight is 167 g/mol. The molecule has 1 aliphatic heterocycles. The predicted octanol–water partition coefficient (Wildman–Crippen LogP) is 1.94. The van der Waals surface area contributed by atoms with Gasteiger partial charge in [-0.3, -0.25) is 4.99 Å². The van der Waals surface area contributed by atoms with Gasteiger partial charge in [0.1, 0.15) is 0 Å². The Bertz CT molecular complexity index is 198. The summed E-state index contributed by atoms with van der Waals surface area (Å²) in [6.07, 6.45) is 7.49. The van der Waals surface area contributed by atoms with Crippen molar-refractivity contribution in [3.8, 4) is 0 Å². The highest BCUT2D eigenvalue weighted by Gasteiger charge is 2.32. The second-order valence-electron chi connectivity index (χ2n) is 4.08. The molecule has 68 valence electrons. The summed E-state index contributed by atoms with van der Waals surface area (Å²) in [5.74, 6) is 0. The van der Waals surface area contributed by atoms with E-state index in [2.05, 4.69) is 18.0 Å². The Morgan fingerprint density at radius 3 is 2.50 bits per heavy atom. The number of nitrogens with zero attached hydrogens (tertiary/aromatic N) is 1. The van der Waals surface area contributed by atoms with Gasteiger partial charge in [0, 0.05) is 12.6 Å². The van der Waals surface area contributed by atoms with Crippen molar-refractivity contribution in [3.63, 3.8) is 0 Å². The molecule has 1 heterocycles. The van der Waals surface area contributed by atoms with Crippen molar-refractivity contribution in [2.45, 2.75) is 44.8 Å². The molecule has 1 atom stereocenters. The van der Waals surface area contributed by atoms with E-state index >= 15 is 0 Å². The quantitative estimate of drug-likeness (QED) is 0.684. The minimum atomic E-state index is -0.637. The summed E-state index contributed by atoms with van der Waals surface area (Å²) in [7, 11) is 0. The molecule has 0 aromatic carbocycles. The van der Waals surface area contributed by atoms with Crippen LogP contribution in [0.1, 0.15) is 33.6 Å². The molecule has 0 radical (unpaired) electrons. The first-order chi connectivity index (χ1) is 5.47. The Kier molecular flexibility index (Phi) is 2.38. The molecule has 2 nitrogen and oxygen atoms in total. The van der Waals surface area contributed by atoms with Gasteiger partial charge in [-0.1, -0.05) is 13.0 Å². The summed E-state index contributed by atoms with van der Waals surface area (Å²) in [5.41, 5.74) is -0.778. The first-order valence-electron chi connectivity index (χ1n) is 4.43. The molecule has 1 rings (SSSR count). The van der Waals surface area contributed by atoms with Gasteiger partial charge in [0.25, 0.3) is 0 Å². The lowest BCUT2D eigenvalue weighted by molar-refractivity contribution is 0.0536. The van der Waals surface area contributed by atoms with Gasteiger partial charge < -0.3 is 5.11 Å². The normalized spacial score (nSPS) is 28.3. The number of rotatable bonds is 3. The van der Waals surface area contributed by atoms with Crippen molar-refractivity contribution in [3.05, 3.63) is 12.2 Å². The molecule has 0 spiro atoms. The lowest BCUT2D eigenvalue weighted by atomic mass is 9.85. The summed E-state index contributed by atoms with van der Waals surface area (Å²) in [5, 5.41) is 9.67. The fourth-order valence-corrected chi connectivity index (χ4v) is 1.64. The molecule has 0 aromatic heterocycles. The zero-order chi connectivity index (χ0) is 9.24. The molecule has 1 unspecified atom stereocenters. The largest absolute Gasteiger partial charge is 0.390 e. The lowest BCUT2D eigenvalue weighted by Crippen LogP contribution is -2.33. The van der Waals surface area contributed by atoms with Crippen LogP contribution in [0, 0.1) is 0 Å². The van der Waals surface area contributed by atoms with E-state index in [1.807, 2.05) is 26.1 Å². The monoisotopic (exact) mass is 167 g/mol. The number of hydrogen-bond donors (Lipinski definition) is 1. The van der Waals surface area contributed by atoms with Gasteiger partial charge in [0.15, 0.2) is 0 Å². The Morgan fingerprint density at radius 1 is 1.50 bits per heavy atom. The maximum Gasteiger partial charge on any atom is 0.0815 e. The van der Waals surface area contributed by atoms with Gasteiger partial charge in [-0.15, -0.1) is 0 Å². The standard InChI is InChI=1S/C10H17NO/c1-4-10(6-5-7-11-10)8-9(2,3)12/h5-7,12H,4,8H2,1-3H3. The fourth-order valence-electron chi connectivity index (χ4n) is 1.64. The number of aliphatic imine (C=N–C) groups is 1. The fraction of sp³-hybridized carbons (Fsp3) is 0.700. The van der Waals surface area contributed by atoms with E-state index in [0.29, 0.717) is 6.42 Å². The van der Waals surface area contributed by atoms with Crippen LogP contribution in [0.15, 0.2) is 17.1 Å². The van der Waals surface area contributed by atoms with E-state index in [9.17, 15) is 5.11 Å². The summed E-state index contributed by atoms with van der Waals surface area (Å²) in [6.45, 7) is 5.75. The summed E-state index contributed by atoms with van der Waals surface area (Å²) in [4.78, 5) is 4.37. The van der Waals surface area contributed by atoms with Gasteiger partial charge in [-0.2, -0.15) is 0 Å². The Hall–Kier alpha value is -0.630. The highest BCUT2D eigenvalue weighted by atomic mass is 16.3. The van der Waals surface area contributed by atoms with Crippen LogP contribution in [0.25, 0.3) is 0 Å². The third kappa shape index (κ3) is 2.18. The van der Waals surface area contributed by atoms with Crippen molar-refractivity contribution in [2.75, 3.05) is 0 Å². The van der Waals surface area contributed by atoms with E-state index in [4.69, 9.17) is 0 Å². The number of allylic oxidation sites excluding steroid dienone is 1. The molecule has 2 heteroatoms. The van der Waals surface area contributed by atoms with Crippen molar-refractivity contribution < 1.29 is 5.11 Å². The topological polar surface area (TPSA) is 32.6 Å². The van der Waals surface area contributed by atoms with Gasteiger partial charge >= 0.3 is 0 Å². The predicted molar refractivity (Wildman–Crippen MR) is 51.6 cm³/mol. The molecule has 1 N–H and O–H groups in total. The van der Waals surface area contributed by atoms with Crippen LogP contribution in [0.5, 0.6) is 0 Å². The van der Waals surface area contributed by atoms with Crippen molar-refractivity contribution in [1.29, 1.82) is 0 Å². The Labute approximate surface area is 74.0 Å². The lowest BCUT2D eigenvalue weighted by Gasteiger charge is -2.29. The first kappa shape index (κ1) is 9.46. The van der Waals surface area contributed by atoms with Gasteiger partial charge in [0.2, 0.25) is 0 Å². The third-order valence-electron chi connectivity index (χ3n) is 2.18. The second-order valence-corrected chi connectivity index (χ2v) is 4.08. The van der Waals surface area contributed by atoms with Crippen LogP contribution in [0.3, 0.4) is 0 Å². The molecule has 0 aromatic rings. The minimum absolute atomic E-state index is 0.141. The molecule has 0 saturated heterocycles. The molecule has 1 aliphatic rings. The molecule has 0 amide bonds. The van der Waals surface area contributed by atoms with Gasteiger partial charge in [0.05, 0.1) is 11.1 Å². The number of aliphatic hydroxyl groups is 1. The van der Waals surface area contributed by atoms with Gasteiger partial charge in [-0.05, 0) is 26.3 Å². The molecule has 0 aliphatic carbocycles. The molecule has 0 saturated carbocycles. The first-order valence-corrected chi connectivity index (χ1v) is 4.43. The Balaban J connectivity index is 2.70. The minimum Gasteiger partial charge on any atom is -0.390 e. The van der Waals surface area contributed by atoms with Crippen LogP contribution >= 0.6 is 0 Å². The molecule has 0 bridgehead atoms. The molecular formula is C10H17NO. The molecule has 12 heavy (non-hydrogen) atoms. The summed E-state index contributed by atoms with van der Waals surface area (Å²) in [6, 6.07) is 0. The third-order valence-corrected chi connectivity index (χ3v) is 2.18. The summed E-state index contributed by atoms with van der Waals surface area (Å²) < 4.78 is 0. The van der Waals surface area contributed by atoms with Crippen LogP contribution in [-0.4, -0.2) is 22.5 Å². The molecular weight excluding hydrogens is 150 g/mol. The van der Waals surface area contributed by atoms with Crippen molar-refractivity contribution in [1.82, 2.24) is 0 Å². The smallest absolute Gasteiger partial charge is 0.0815 e. The van der Waals surface area contributed by atoms with Crippen LogP contribution in [0.2, 0.25) is 0 Å². The van der Waals surface area contributed by atoms with Crippen LogP contribution in [-0.2, 0) is 0 Å². The highest BCUT2D eigenvalue weighted by molar-refractivity contribution is 5.75. The number of hydrogen-bond acceptors (Lipinski definition) is 2. The Morgan fingerprint density at radius 2 is 2.17 bits per heavy atom. The zero-order valence-electron chi connectivity index (χ0n) is 8.04.